The Kier molecular flexibility index (Phi) is 8.21. The summed E-state index contributed by atoms with van der Waals surface area (Å²) in [6, 6.07) is -0.686. The van der Waals surface area contributed by atoms with Gasteiger partial charge in [-0.15, -0.1) is 0 Å². The van der Waals surface area contributed by atoms with Crippen LogP contribution in [0.4, 0.5) is 0 Å². The van der Waals surface area contributed by atoms with E-state index < -0.39 is 17.7 Å². The van der Waals surface area contributed by atoms with Crippen molar-refractivity contribution in [2.24, 2.45) is 0 Å². The molecule has 0 fully saturated rings. The molecule has 5 nitrogen and oxygen atoms in total. The number of hydrogen-bond donors (Lipinski definition) is 4. The van der Waals surface area contributed by atoms with Gasteiger partial charge in [-0.1, -0.05) is 6.92 Å². The molecule has 6 heteroatoms. The van der Waals surface area contributed by atoms with E-state index in [1.54, 1.807) is 6.92 Å². The second-order valence-corrected chi connectivity index (χ2v) is 3.00. The predicted octanol–water partition coefficient (Wildman–Crippen LogP) is -2.73. The summed E-state index contributed by atoms with van der Waals surface area (Å²) < 4.78 is 0. The molecule has 0 radical (unpaired) electrons. The van der Waals surface area contributed by atoms with Gasteiger partial charge in [0, 0.05) is 0 Å². The van der Waals surface area contributed by atoms with Gasteiger partial charge >= 0.3 is 35.5 Å². The molecule has 0 aromatic rings. The molecular formula is C7H17N2NaO3. The smallest absolute Gasteiger partial charge is 1.00 e. The third-order valence-electron chi connectivity index (χ3n) is 1.86. The minimum atomic E-state index is -0.940. The minimum absolute atomic E-state index is 0. The Hall–Kier alpha value is 0.350. The molecule has 0 saturated carbocycles. The van der Waals surface area contributed by atoms with Gasteiger partial charge in [0.05, 0.1) is 5.66 Å². The van der Waals surface area contributed by atoms with E-state index in [1.165, 1.54) is 6.92 Å². The zero-order chi connectivity index (χ0) is 9.78. The summed E-state index contributed by atoms with van der Waals surface area (Å²) in [7, 11) is 0. The molecule has 74 valence electrons. The number of rotatable bonds is 5. The molecule has 0 aromatic carbocycles. The quantitative estimate of drug-likeness (QED) is 0.220. The van der Waals surface area contributed by atoms with Gasteiger partial charge in [-0.2, -0.15) is 5.48 Å². The first-order valence-corrected chi connectivity index (χ1v) is 3.87. The number of hydrogen-bond acceptors (Lipinski definition) is 4. The van der Waals surface area contributed by atoms with Crippen LogP contribution >= 0.6 is 0 Å². The van der Waals surface area contributed by atoms with Crippen LogP contribution in [0.3, 0.4) is 0 Å². The van der Waals surface area contributed by atoms with Crippen molar-refractivity contribution in [2.45, 2.75) is 38.9 Å². The second kappa shape index (κ2) is 6.75. The molecule has 0 rings (SSSR count). The third-order valence-corrected chi connectivity index (χ3v) is 1.86. The van der Waals surface area contributed by atoms with Crippen molar-refractivity contribution in [2.75, 3.05) is 0 Å². The normalized spacial score (nSPS) is 16.9. The van der Waals surface area contributed by atoms with Crippen LogP contribution in [0, 0.1) is 0 Å². The maximum absolute atomic E-state index is 10.4. The standard InChI is InChI=1S/C7H16N2O3.Na.H/c1-4-7(3,9-12)8-5(2)6(10)11;;/h5,8-9,12H,4H2,1-3H3,(H,10,11);;/q;+1;-1. The van der Waals surface area contributed by atoms with Crippen LogP contribution in [-0.2, 0) is 4.79 Å². The molecule has 0 aliphatic heterocycles. The van der Waals surface area contributed by atoms with E-state index in [1.807, 2.05) is 12.4 Å². The van der Waals surface area contributed by atoms with Gasteiger partial charge in [-0.05, 0) is 20.3 Å². The van der Waals surface area contributed by atoms with Gasteiger partial charge in [0.1, 0.15) is 6.04 Å². The summed E-state index contributed by atoms with van der Waals surface area (Å²) in [5, 5.41) is 20.0. The van der Waals surface area contributed by atoms with E-state index in [0.717, 1.165) is 0 Å². The van der Waals surface area contributed by atoms with Gasteiger partial charge in [-0.3, -0.25) is 10.1 Å². The molecule has 2 unspecified atom stereocenters. The first kappa shape index (κ1) is 15.8. The van der Waals surface area contributed by atoms with E-state index in [4.69, 9.17) is 10.3 Å². The van der Waals surface area contributed by atoms with E-state index in [0.29, 0.717) is 6.42 Å². The van der Waals surface area contributed by atoms with Crippen LogP contribution in [-0.4, -0.2) is 28.0 Å². The topological polar surface area (TPSA) is 81.6 Å². The van der Waals surface area contributed by atoms with Gasteiger partial charge in [0.2, 0.25) is 0 Å². The molecule has 4 N–H and O–H groups in total. The summed E-state index contributed by atoms with van der Waals surface area (Å²) in [6.07, 6.45) is 0.584. The fourth-order valence-corrected chi connectivity index (χ4v) is 0.753. The molecule has 0 aliphatic carbocycles. The Morgan fingerprint density at radius 1 is 1.69 bits per heavy atom. The first-order chi connectivity index (χ1) is 5.45. The fraction of sp³-hybridized carbons (Fsp3) is 0.857. The third kappa shape index (κ3) is 5.61. The molecule has 0 heterocycles. The molecule has 13 heavy (non-hydrogen) atoms. The fourth-order valence-electron chi connectivity index (χ4n) is 0.753. The zero-order valence-electron chi connectivity index (χ0n) is 9.59. The molecule has 2 atom stereocenters. The number of aliphatic carboxylic acids is 1. The number of hydroxylamine groups is 1. The Balaban J connectivity index is -0.000000605. The molecule has 0 saturated heterocycles. The van der Waals surface area contributed by atoms with Crippen molar-refractivity contribution in [1.82, 2.24) is 10.8 Å². The Labute approximate surface area is 102 Å². The number of nitrogens with one attached hydrogen (secondary N) is 2. The van der Waals surface area contributed by atoms with Crippen LogP contribution < -0.4 is 40.4 Å². The molecule has 0 spiro atoms. The number of carboxylic acid groups (broad SMARTS) is 1. The second-order valence-electron chi connectivity index (χ2n) is 3.00. The Morgan fingerprint density at radius 3 is 2.38 bits per heavy atom. The minimum Gasteiger partial charge on any atom is -1.00 e. The van der Waals surface area contributed by atoms with E-state index in [-0.39, 0.29) is 31.0 Å². The maximum atomic E-state index is 10.4. The van der Waals surface area contributed by atoms with Crippen molar-refractivity contribution < 1.29 is 46.1 Å². The SMILES string of the molecule is CCC(C)(NO)NC(C)C(=O)O.[H-].[Na+]. The van der Waals surface area contributed by atoms with Gasteiger partial charge in [0.25, 0.3) is 0 Å². The van der Waals surface area contributed by atoms with Crippen LogP contribution in [0.1, 0.15) is 28.6 Å². The first-order valence-electron chi connectivity index (χ1n) is 3.87. The van der Waals surface area contributed by atoms with Gasteiger partial charge in [0.15, 0.2) is 0 Å². The van der Waals surface area contributed by atoms with Crippen LogP contribution in [0.25, 0.3) is 0 Å². The van der Waals surface area contributed by atoms with Crippen LogP contribution in [0.5, 0.6) is 0 Å². The van der Waals surface area contributed by atoms with E-state index >= 15 is 0 Å². The number of carbonyl (C=O) groups is 1. The average molecular weight is 200 g/mol. The van der Waals surface area contributed by atoms with Crippen LogP contribution in [0.2, 0.25) is 0 Å². The molecular weight excluding hydrogens is 183 g/mol. The summed E-state index contributed by atoms with van der Waals surface area (Å²) in [4.78, 5) is 10.4. The molecule has 0 amide bonds. The van der Waals surface area contributed by atoms with Crippen molar-refractivity contribution in [3.8, 4) is 0 Å². The zero-order valence-corrected chi connectivity index (χ0v) is 10.6. The van der Waals surface area contributed by atoms with E-state index in [9.17, 15) is 4.79 Å². The van der Waals surface area contributed by atoms with Crippen molar-refractivity contribution in [3.63, 3.8) is 0 Å². The van der Waals surface area contributed by atoms with Crippen LogP contribution in [0.15, 0.2) is 0 Å². The number of carboxylic acids is 1. The predicted molar refractivity (Wildman–Crippen MR) is 45.0 cm³/mol. The Morgan fingerprint density at radius 2 is 2.15 bits per heavy atom. The summed E-state index contributed by atoms with van der Waals surface area (Å²) in [6.45, 7) is 5.05. The Bertz CT molecular complexity index is 167. The monoisotopic (exact) mass is 200 g/mol. The van der Waals surface area contributed by atoms with Gasteiger partial charge < -0.3 is 11.7 Å². The molecule has 0 aliphatic rings. The van der Waals surface area contributed by atoms with Crippen molar-refractivity contribution >= 4 is 5.97 Å². The molecule has 0 bridgehead atoms. The summed E-state index contributed by atoms with van der Waals surface area (Å²) in [5.41, 5.74) is 1.30. The van der Waals surface area contributed by atoms with Crippen molar-refractivity contribution in [1.29, 1.82) is 0 Å². The molecule has 0 aromatic heterocycles. The van der Waals surface area contributed by atoms with E-state index in [2.05, 4.69) is 5.32 Å². The average Bonchev–Trinajstić information content (AvgIpc) is 2.04. The van der Waals surface area contributed by atoms with Gasteiger partial charge in [-0.25, -0.2) is 0 Å². The maximum Gasteiger partial charge on any atom is 1.00 e. The summed E-state index contributed by atoms with van der Waals surface area (Å²) in [5.74, 6) is -0.940. The van der Waals surface area contributed by atoms with Crippen molar-refractivity contribution in [3.05, 3.63) is 0 Å². The largest absolute Gasteiger partial charge is 1.00 e. The summed E-state index contributed by atoms with van der Waals surface area (Å²) >= 11 is 0.